The zero-order chi connectivity index (χ0) is 30.7. The minimum Gasteiger partial charge on any atom is -0.484 e. The van der Waals surface area contributed by atoms with E-state index in [9.17, 15) is 17.6 Å². The summed E-state index contributed by atoms with van der Waals surface area (Å²) < 4.78 is 60.0. The molecule has 0 fully saturated rings. The highest BCUT2D eigenvalue weighted by atomic mass is 32.2. The summed E-state index contributed by atoms with van der Waals surface area (Å²) in [5, 5.41) is -0.394. The lowest BCUT2D eigenvalue weighted by Gasteiger charge is -2.19. The highest BCUT2D eigenvalue weighted by Crippen LogP contribution is 2.33. The molecule has 1 aliphatic rings. The first-order valence-electron chi connectivity index (χ1n) is 13.7. The van der Waals surface area contributed by atoms with Crippen molar-refractivity contribution in [2.75, 3.05) is 12.5 Å². The lowest BCUT2D eigenvalue weighted by atomic mass is 10.1. The van der Waals surface area contributed by atoms with Crippen LogP contribution in [0, 0.1) is 12.7 Å². The van der Waals surface area contributed by atoms with E-state index in [1.165, 1.54) is 10.8 Å². The molecule has 1 aliphatic heterocycles. The van der Waals surface area contributed by atoms with Gasteiger partial charge in [-0.15, -0.1) is 0 Å². The molecule has 0 radical (unpaired) electrons. The average molecular weight is 615 g/mol. The Morgan fingerprint density at radius 1 is 1.00 bits per heavy atom. The molecule has 0 bridgehead atoms. The van der Waals surface area contributed by atoms with Crippen LogP contribution in [0.2, 0.25) is 0 Å². The number of ether oxygens (including phenoxy) is 3. The van der Waals surface area contributed by atoms with E-state index < -0.39 is 32.5 Å². The molecule has 0 spiro atoms. The first-order chi connectivity index (χ1) is 21.2. The molecule has 224 valence electrons. The number of fused-ring (bicyclic) bond motifs is 1. The maximum Gasteiger partial charge on any atom is 0.286 e. The molecular weight excluding hydrogens is 587 g/mol. The van der Waals surface area contributed by atoms with Gasteiger partial charge in [-0.3, -0.25) is 9.78 Å². The summed E-state index contributed by atoms with van der Waals surface area (Å²) in [6, 6.07) is 20.6. The quantitative estimate of drug-likeness (QED) is 0.202. The molecule has 10 nitrogen and oxygen atoms in total. The number of aromatic nitrogens is 4. The van der Waals surface area contributed by atoms with Crippen molar-refractivity contribution in [2.24, 2.45) is 0 Å². The molecule has 2 aromatic carbocycles. The highest BCUT2D eigenvalue weighted by Gasteiger charge is 2.24. The van der Waals surface area contributed by atoms with E-state index in [4.69, 9.17) is 14.2 Å². The molecule has 0 amide bonds. The lowest BCUT2D eigenvalue weighted by molar-refractivity contribution is 0.174. The Labute approximate surface area is 252 Å². The average Bonchev–Trinajstić information content (AvgIpc) is 3.50. The third kappa shape index (κ3) is 6.45. The van der Waals surface area contributed by atoms with Crippen LogP contribution < -0.4 is 19.8 Å². The molecule has 0 aliphatic carbocycles. The Balaban J connectivity index is 1.27. The molecule has 1 unspecified atom stereocenters. The van der Waals surface area contributed by atoms with Crippen molar-refractivity contribution in [3.05, 3.63) is 124 Å². The van der Waals surface area contributed by atoms with Gasteiger partial charge in [0.25, 0.3) is 5.56 Å². The lowest BCUT2D eigenvalue weighted by Crippen LogP contribution is -2.23. The van der Waals surface area contributed by atoms with Gasteiger partial charge in [-0.25, -0.2) is 22.8 Å². The summed E-state index contributed by atoms with van der Waals surface area (Å²) in [6.45, 7) is 1.78. The highest BCUT2D eigenvalue weighted by molar-refractivity contribution is 7.91. The maximum atomic E-state index is 14.9. The first-order valence-corrected chi connectivity index (χ1v) is 15.4. The maximum absolute atomic E-state index is 14.9. The number of nitrogens with zero attached hydrogens (tertiary/aromatic N) is 4. The van der Waals surface area contributed by atoms with Crippen LogP contribution in [0.3, 0.4) is 0 Å². The molecule has 12 heteroatoms. The van der Waals surface area contributed by atoms with Gasteiger partial charge in [0.15, 0.2) is 17.3 Å². The second-order valence-electron chi connectivity index (χ2n) is 10.2. The summed E-state index contributed by atoms with van der Waals surface area (Å²) in [4.78, 5) is 25.2. The summed E-state index contributed by atoms with van der Waals surface area (Å²) in [5.74, 6) is 0.319. The van der Waals surface area contributed by atoms with Crippen LogP contribution >= 0.6 is 0 Å². The smallest absolute Gasteiger partial charge is 0.286 e. The van der Waals surface area contributed by atoms with Crippen molar-refractivity contribution in [2.45, 2.75) is 31.1 Å². The van der Waals surface area contributed by atoms with Gasteiger partial charge in [0.1, 0.15) is 11.9 Å². The zero-order valence-electron chi connectivity index (χ0n) is 23.6. The second kappa shape index (κ2) is 12.3. The third-order valence-corrected chi connectivity index (χ3v) is 8.48. The number of sulfone groups is 1. The first kappa shape index (κ1) is 29.0. The van der Waals surface area contributed by atoms with Crippen LogP contribution in [0.4, 0.5) is 4.39 Å². The van der Waals surface area contributed by atoms with Gasteiger partial charge in [0.2, 0.25) is 21.8 Å². The molecule has 0 N–H and O–H groups in total. The number of hydrogen-bond acceptors (Lipinski definition) is 9. The van der Waals surface area contributed by atoms with E-state index in [-0.39, 0.29) is 36.8 Å². The van der Waals surface area contributed by atoms with Crippen LogP contribution in [0.25, 0.3) is 11.3 Å². The van der Waals surface area contributed by atoms with Crippen LogP contribution in [-0.4, -0.2) is 40.5 Å². The Kier molecular flexibility index (Phi) is 8.07. The van der Waals surface area contributed by atoms with E-state index in [1.54, 1.807) is 55.7 Å². The molecule has 6 rings (SSSR count). The van der Waals surface area contributed by atoms with Crippen LogP contribution in [0.1, 0.15) is 29.3 Å². The molecule has 44 heavy (non-hydrogen) atoms. The van der Waals surface area contributed by atoms with Gasteiger partial charge in [-0.1, -0.05) is 36.4 Å². The number of rotatable bonds is 10. The summed E-state index contributed by atoms with van der Waals surface area (Å²) in [7, 11) is -4.00. The minimum atomic E-state index is -4.00. The third-order valence-electron chi connectivity index (χ3n) is 6.97. The van der Waals surface area contributed by atoms with Gasteiger partial charge in [-0.2, -0.15) is 0 Å². The van der Waals surface area contributed by atoms with Crippen molar-refractivity contribution in [3.8, 4) is 28.5 Å². The molecule has 0 saturated heterocycles. The van der Waals surface area contributed by atoms with Crippen molar-refractivity contribution in [1.82, 2.24) is 19.5 Å². The van der Waals surface area contributed by atoms with Gasteiger partial charge in [0.05, 0.1) is 24.2 Å². The zero-order valence-corrected chi connectivity index (χ0v) is 24.4. The standard InChI is InChI=1S/C32H27FN4O6S/c1-21-14-27(24-16-26(33)31(38)37(19-24)18-22-9-10-29-30(15-22)42-20-41-29)36-32(35-21)44(39,40)13-11-28(23-6-3-2-4-7-23)43-25-8-5-12-34-17-25/h2-10,12,14-17,19,28H,11,13,18,20H2,1H3. The number of hydrogen-bond donors (Lipinski definition) is 0. The normalized spacial score (nSPS) is 13.0. The monoisotopic (exact) mass is 614 g/mol. The predicted octanol–water partition coefficient (Wildman–Crippen LogP) is 4.91. The fourth-order valence-corrected chi connectivity index (χ4v) is 6.04. The molecule has 3 aromatic heterocycles. The molecule has 0 saturated carbocycles. The van der Waals surface area contributed by atoms with Crippen molar-refractivity contribution in [1.29, 1.82) is 0 Å². The minimum absolute atomic E-state index is 0.0489. The fourth-order valence-electron chi connectivity index (χ4n) is 4.82. The summed E-state index contributed by atoms with van der Waals surface area (Å²) in [5.41, 5.74) is 1.43. The SMILES string of the molecule is Cc1cc(-c2cc(F)c(=O)n(Cc3ccc4c(c3)OCO4)c2)nc(S(=O)(=O)CCC(Oc2cccnc2)c2ccccc2)n1. The Bertz CT molecular complexity index is 1970. The van der Waals surface area contributed by atoms with Gasteiger partial charge >= 0.3 is 0 Å². The molecular formula is C32H27FN4O6S. The van der Waals surface area contributed by atoms with Crippen molar-refractivity contribution in [3.63, 3.8) is 0 Å². The van der Waals surface area contributed by atoms with Gasteiger partial charge in [0, 0.05) is 30.1 Å². The van der Waals surface area contributed by atoms with E-state index in [2.05, 4.69) is 15.0 Å². The number of aryl methyl sites for hydroxylation is 1. The topological polar surface area (TPSA) is 123 Å². The summed E-state index contributed by atoms with van der Waals surface area (Å²) >= 11 is 0. The van der Waals surface area contributed by atoms with Crippen molar-refractivity contribution >= 4 is 9.84 Å². The van der Waals surface area contributed by atoms with Crippen LogP contribution in [0.15, 0.2) is 101 Å². The molecule has 4 heterocycles. The van der Waals surface area contributed by atoms with Gasteiger partial charge in [-0.05, 0) is 54.4 Å². The van der Waals surface area contributed by atoms with E-state index in [0.717, 1.165) is 11.6 Å². The second-order valence-corrected chi connectivity index (χ2v) is 12.2. The predicted molar refractivity (Wildman–Crippen MR) is 159 cm³/mol. The molecule has 1 atom stereocenters. The van der Waals surface area contributed by atoms with Crippen LogP contribution in [0.5, 0.6) is 17.2 Å². The van der Waals surface area contributed by atoms with E-state index in [0.29, 0.717) is 28.5 Å². The number of benzene rings is 2. The number of halogens is 1. The molecule has 5 aromatic rings. The largest absolute Gasteiger partial charge is 0.484 e. The Morgan fingerprint density at radius 3 is 2.61 bits per heavy atom. The Hall–Kier alpha value is -5.10. The fraction of sp³-hybridized carbons (Fsp3) is 0.188. The van der Waals surface area contributed by atoms with E-state index in [1.807, 2.05) is 30.3 Å². The van der Waals surface area contributed by atoms with Gasteiger partial charge < -0.3 is 18.8 Å². The van der Waals surface area contributed by atoms with E-state index >= 15 is 0 Å². The van der Waals surface area contributed by atoms with Crippen molar-refractivity contribution < 1.29 is 27.0 Å². The summed E-state index contributed by atoms with van der Waals surface area (Å²) in [6.07, 6.45) is 4.17. The van der Waals surface area contributed by atoms with Crippen LogP contribution in [-0.2, 0) is 16.4 Å². The Morgan fingerprint density at radius 2 is 1.82 bits per heavy atom. The number of pyridine rings is 2.